The highest BCUT2D eigenvalue weighted by Crippen LogP contribution is 2.25. The monoisotopic (exact) mass is 339 g/mol. The van der Waals surface area contributed by atoms with Crippen molar-refractivity contribution in [3.8, 4) is 0 Å². The summed E-state index contributed by atoms with van der Waals surface area (Å²) >= 11 is 0. The Kier molecular flexibility index (Phi) is 5.97. The summed E-state index contributed by atoms with van der Waals surface area (Å²) < 4.78 is 17.7. The minimum atomic E-state index is -0.577. The van der Waals surface area contributed by atoms with Gasteiger partial charge in [-0.25, -0.2) is 0 Å². The lowest BCUT2D eigenvalue weighted by molar-refractivity contribution is -0.150. The average Bonchev–Trinajstić information content (AvgIpc) is 2.99. The molecule has 1 fully saturated rings. The van der Waals surface area contributed by atoms with E-state index in [4.69, 9.17) is 14.2 Å². The van der Waals surface area contributed by atoms with E-state index in [1.165, 1.54) is 5.56 Å². The van der Waals surface area contributed by atoms with Crippen LogP contribution in [-0.2, 0) is 27.4 Å². The van der Waals surface area contributed by atoms with Gasteiger partial charge in [-0.3, -0.25) is 4.99 Å². The van der Waals surface area contributed by atoms with Gasteiger partial charge >= 0.3 is 0 Å². The van der Waals surface area contributed by atoms with Gasteiger partial charge in [-0.2, -0.15) is 0 Å². The quantitative estimate of drug-likeness (QED) is 0.716. The molecule has 0 aliphatic carbocycles. The third kappa shape index (κ3) is 5.49. The van der Waals surface area contributed by atoms with Gasteiger partial charge in [0.2, 0.25) is 0 Å². The van der Waals surface area contributed by atoms with Crippen LogP contribution in [0.5, 0.6) is 0 Å². The second-order valence-electron chi connectivity index (χ2n) is 6.60. The van der Waals surface area contributed by atoms with E-state index >= 15 is 0 Å². The second kappa shape index (κ2) is 8.39. The molecule has 1 aliphatic heterocycles. The van der Waals surface area contributed by atoms with Crippen LogP contribution in [0.15, 0.2) is 65.7 Å². The first-order valence-corrected chi connectivity index (χ1v) is 8.63. The molecule has 1 saturated heterocycles. The first kappa shape index (κ1) is 17.8. The lowest BCUT2D eigenvalue weighted by Crippen LogP contribution is -2.34. The lowest BCUT2D eigenvalue weighted by atomic mass is 10.2. The molecule has 0 radical (unpaired) electrons. The zero-order valence-electron chi connectivity index (χ0n) is 14.8. The zero-order valence-corrected chi connectivity index (χ0v) is 14.8. The minimum absolute atomic E-state index is 0.154. The van der Waals surface area contributed by atoms with Crippen molar-refractivity contribution in [2.45, 2.75) is 45.0 Å². The van der Waals surface area contributed by atoms with Gasteiger partial charge in [-0.1, -0.05) is 60.7 Å². The molecular formula is C21H25NO3. The van der Waals surface area contributed by atoms with E-state index in [9.17, 15) is 0 Å². The molecule has 1 heterocycles. The molecule has 2 aromatic rings. The maximum Gasteiger partial charge on any atom is 0.163 e. The summed E-state index contributed by atoms with van der Waals surface area (Å²) in [6, 6.07) is 20.3. The summed E-state index contributed by atoms with van der Waals surface area (Å²) in [7, 11) is 0. The maximum absolute atomic E-state index is 6.09. The Morgan fingerprint density at radius 1 is 1.08 bits per heavy atom. The summed E-state index contributed by atoms with van der Waals surface area (Å²) in [4.78, 5) is 4.56. The van der Waals surface area contributed by atoms with Crippen molar-refractivity contribution in [2.75, 3.05) is 6.61 Å². The second-order valence-corrected chi connectivity index (χ2v) is 6.60. The normalized spacial score (nSPS) is 20.8. The SMILES string of the molecule is CC1(C)OC[C@@H]([C@H](C=NCc2ccccc2)OCc2ccccc2)O1. The maximum atomic E-state index is 6.09. The van der Waals surface area contributed by atoms with Gasteiger partial charge in [0.15, 0.2) is 5.79 Å². The van der Waals surface area contributed by atoms with Crippen LogP contribution in [0.3, 0.4) is 0 Å². The smallest absolute Gasteiger partial charge is 0.163 e. The molecule has 25 heavy (non-hydrogen) atoms. The third-order valence-corrected chi connectivity index (χ3v) is 4.05. The van der Waals surface area contributed by atoms with E-state index in [-0.39, 0.29) is 12.2 Å². The highest BCUT2D eigenvalue weighted by Gasteiger charge is 2.37. The van der Waals surface area contributed by atoms with Crippen molar-refractivity contribution in [2.24, 2.45) is 4.99 Å². The first-order valence-electron chi connectivity index (χ1n) is 8.63. The van der Waals surface area contributed by atoms with Gasteiger partial charge < -0.3 is 14.2 Å². The van der Waals surface area contributed by atoms with Crippen LogP contribution in [-0.4, -0.2) is 30.8 Å². The van der Waals surface area contributed by atoms with Crippen LogP contribution in [0.1, 0.15) is 25.0 Å². The van der Waals surface area contributed by atoms with Crippen LogP contribution in [0, 0.1) is 0 Å². The Morgan fingerprint density at radius 3 is 2.32 bits per heavy atom. The molecule has 4 heteroatoms. The molecule has 0 spiro atoms. The van der Waals surface area contributed by atoms with Crippen molar-refractivity contribution in [3.63, 3.8) is 0 Å². The van der Waals surface area contributed by atoms with Gasteiger partial charge in [0.1, 0.15) is 12.2 Å². The summed E-state index contributed by atoms with van der Waals surface area (Å²) in [5, 5.41) is 0. The number of hydrogen-bond acceptors (Lipinski definition) is 4. The van der Waals surface area contributed by atoms with E-state index in [0.29, 0.717) is 19.8 Å². The third-order valence-electron chi connectivity index (χ3n) is 4.05. The zero-order chi connectivity index (χ0) is 17.5. The van der Waals surface area contributed by atoms with Crippen LogP contribution in [0.2, 0.25) is 0 Å². The van der Waals surface area contributed by atoms with Crippen LogP contribution >= 0.6 is 0 Å². The van der Waals surface area contributed by atoms with E-state index in [2.05, 4.69) is 17.1 Å². The van der Waals surface area contributed by atoms with Crippen molar-refractivity contribution in [1.82, 2.24) is 0 Å². The summed E-state index contributed by atoms with van der Waals surface area (Å²) in [5.74, 6) is -0.577. The number of hydrogen-bond donors (Lipinski definition) is 0. The highest BCUT2D eigenvalue weighted by molar-refractivity contribution is 5.64. The number of benzene rings is 2. The standard InChI is InChI=1S/C21H25NO3/c1-21(2)24-16-20(25-21)19(23-15-18-11-7-4-8-12-18)14-22-13-17-9-5-3-6-10-17/h3-12,14,19-20H,13,15-16H2,1-2H3/t19-,20-/m0/s1. The topological polar surface area (TPSA) is 40.0 Å². The predicted molar refractivity (Wildman–Crippen MR) is 98.6 cm³/mol. The molecule has 1 aliphatic rings. The lowest BCUT2D eigenvalue weighted by Gasteiger charge is -2.22. The van der Waals surface area contributed by atoms with E-state index in [1.54, 1.807) is 0 Å². The van der Waals surface area contributed by atoms with Gasteiger partial charge in [0.05, 0.1) is 19.8 Å². The Morgan fingerprint density at radius 2 is 1.72 bits per heavy atom. The van der Waals surface area contributed by atoms with Crippen molar-refractivity contribution in [1.29, 1.82) is 0 Å². The van der Waals surface area contributed by atoms with Crippen molar-refractivity contribution in [3.05, 3.63) is 71.8 Å². The largest absolute Gasteiger partial charge is 0.365 e. The highest BCUT2D eigenvalue weighted by atomic mass is 16.7. The van der Waals surface area contributed by atoms with Crippen LogP contribution < -0.4 is 0 Å². The Hall–Kier alpha value is -2.01. The predicted octanol–water partition coefficient (Wildman–Crippen LogP) is 3.99. The summed E-state index contributed by atoms with van der Waals surface area (Å²) in [6.45, 7) is 5.49. The number of aliphatic imine (C=N–C) groups is 1. The molecule has 4 nitrogen and oxygen atoms in total. The summed E-state index contributed by atoms with van der Waals surface area (Å²) in [6.07, 6.45) is 1.45. The van der Waals surface area contributed by atoms with Gasteiger partial charge in [-0.15, -0.1) is 0 Å². The fourth-order valence-electron chi connectivity index (χ4n) is 2.74. The molecule has 0 amide bonds. The first-order chi connectivity index (χ1) is 12.1. The molecule has 132 valence electrons. The van der Waals surface area contributed by atoms with Gasteiger partial charge in [-0.05, 0) is 25.0 Å². The molecule has 0 bridgehead atoms. The summed E-state index contributed by atoms with van der Waals surface area (Å²) in [5.41, 5.74) is 2.30. The molecule has 0 saturated carbocycles. The van der Waals surface area contributed by atoms with Gasteiger partial charge in [0.25, 0.3) is 0 Å². The fraction of sp³-hybridized carbons (Fsp3) is 0.381. The number of rotatable bonds is 7. The van der Waals surface area contributed by atoms with Crippen LogP contribution in [0.4, 0.5) is 0 Å². The number of ether oxygens (including phenoxy) is 3. The molecule has 0 N–H and O–H groups in total. The molecule has 0 unspecified atom stereocenters. The minimum Gasteiger partial charge on any atom is -0.365 e. The fourth-order valence-corrected chi connectivity index (χ4v) is 2.74. The van der Waals surface area contributed by atoms with Crippen molar-refractivity contribution >= 4 is 6.21 Å². The Balaban J connectivity index is 1.63. The van der Waals surface area contributed by atoms with Crippen molar-refractivity contribution < 1.29 is 14.2 Å². The molecule has 2 atom stereocenters. The molecule has 3 rings (SSSR count). The number of nitrogens with zero attached hydrogens (tertiary/aromatic N) is 1. The van der Waals surface area contributed by atoms with E-state index in [0.717, 1.165) is 5.56 Å². The van der Waals surface area contributed by atoms with E-state index < -0.39 is 5.79 Å². The Labute approximate surface area is 149 Å². The molecular weight excluding hydrogens is 314 g/mol. The average molecular weight is 339 g/mol. The van der Waals surface area contributed by atoms with Crippen LogP contribution in [0.25, 0.3) is 0 Å². The Bertz CT molecular complexity index is 670. The molecule has 2 aromatic carbocycles. The molecule has 0 aromatic heterocycles. The van der Waals surface area contributed by atoms with E-state index in [1.807, 2.05) is 68.6 Å². The van der Waals surface area contributed by atoms with Gasteiger partial charge in [0, 0.05) is 6.21 Å².